The van der Waals surface area contributed by atoms with Crippen molar-refractivity contribution in [2.24, 2.45) is 7.05 Å². The highest BCUT2D eigenvalue weighted by atomic mass is 35.5. The van der Waals surface area contributed by atoms with Gasteiger partial charge in [-0.1, -0.05) is 0 Å². The topological polar surface area (TPSA) is 129 Å². The molecule has 13 heteroatoms. The van der Waals surface area contributed by atoms with Gasteiger partial charge in [-0.25, -0.2) is 28.1 Å². The predicted molar refractivity (Wildman–Crippen MR) is 135 cm³/mol. The zero-order valence-corrected chi connectivity index (χ0v) is 21.6. The number of hydrogen-bond acceptors (Lipinski definition) is 9. The fourth-order valence-corrected chi connectivity index (χ4v) is 3.96. The van der Waals surface area contributed by atoms with Gasteiger partial charge in [-0.15, -0.1) is 12.4 Å². The number of anilines is 2. The molecule has 11 nitrogen and oxygen atoms in total. The van der Waals surface area contributed by atoms with E-state index in [1.54, 1.807) is 37.7 Å². The molecule has 0 saturated heterocycles. The molecule has 0 saturated carbocycles. The molecule has 0 radical (unpaired) electrons. The number of ether oxygens (including phenoxy) is 3. The lowest BCUT2D eigenvalue weighted by molar-refractivity contribution is 0.0262. The molecule has 0 spiro atoms. The lowest BCUT2D eigenvalue weighted by Crippen LogP contribution is -2.27. The second-order valence-electron chi connectivity index (χ2n) is 7.28. The van der Waals surface area contributed by atoms with Gasteiger partial charge in [-0.05, 0) is 37.3 Å². The van der Waals surface area contributed by atoms with Gasteiger partial charge in [0.2, 0.25) is 16.0 Å². The van der Waals surface area contributed by atoms with Crippen molar-refractivity contribution in [1.29, 1.82) is 0 Å². The number of rotatable bonds is 14. The van der Waals surface area contributed by atoms with E-state index in [4.69, 9.17) is 14.2 Å². The van der Waals surface area contributed by atoms with Crippen LogP contribution in [-0.4, -0.2) is 74.6 Å². The van der Waals surface area contributed by atoms with Crippen molar-refractivity contribution in [2.45, 2.75) is 11.8 Å². The van der Waals surface area contributed by atoms with Crippen LogP contribution in [0.1, 0.15) is 5.82 Å². The fourth-order valence-electron chi connectivity index (χ4n) is 2.94. The van der Waals surface area contributed by atoms with E-state index in [0.717, 1.165) is 17.2 Å². The van der Waals surface area contributed by atoms with Crippen LogP contribution in [0, 0.1) is 6.92 Å². The summed E-state index contributed by atoms with van der Waals surface area (Å²) < 4.78 is 44.9. The molecule has 0 fully saturated rings. The Kier molecular flexibility index (Phi) is 11.5. The Bertz CT molecular complexity index is 1160. The minimum Gasteiger partial charge on any atom is -0.382 e. The highest BCUT2D eigenvalue weighted by Gasteiger charge is 2.14. The Hall–Kier alpha value is -2.61. The van der Waals surface area contributed by atoms with Crippen molar-refractivity contribution in [2.75, 3.05) is 52.0 Å². The SMILES string of the molecule is COCCOCCOCCNS(=O)(=O)c1ccc(Nc2nccc(-c3cnc(C)n3C)n2)cc1.Cl. The molecule has 0 bridgehead atoms. The zero-order chi connectivity index (χ0) is 24.4. The zero-order valence-electron chi connectivity index (χ0n) is 19.9. The van der Waals surface area contributed by atoms with E-state index >= 15 is 0 Å². The summed E-state index contributed by atoms with van der Waals surface area (Å²) in [4.78, 5) is 13.2. The number of benzene rings is 1. The summed E-state index contributed by atoms with van der Waals surface area (Å²) in [6, 6.07) is 8.16. The molecular weight excluding hydrogens is 496 g/mol. The third kappa shape index (κ3) is 8.53. The molecule has 3 aromatic rings. The lowest BCUT2D eigenvalue weighted by Gasteiger charge is -2.10. The van der Waals surface area contributed by atoms with E-state index in [-0.39, 0.29) is 30.5 Å². The van der Waals surface area contributed by atoms with Crippen LogP contribution >= 0.6 is 12.4 Å². The molecule has 0 aliphatic rings. The Morgan fingerprint density at radius 2 is 1.66 bits per heavy atom. The third-order valence-corrected chi connectivity index (χ3v) is 6.38. The molecule has 2 aromatic heterocycles. The number of aromatic nitrogens is 4. The molecular formula is C22H31ClN6O5S. The van der Waals surface area contributed by atoms with Crippen LogP contribution in [0.3, 0.4) is 0 Å². The molecule has 0 atom stereocenters. The first kappa shape index (κ1) is 28.6. The first-order valence-corrected chi connectivity index (χ1v) is 12.2. The van der Waals surface area contributed by atoms with E-state index in [1.807, 2.05) is 18.5 Å². The number of nitrogens with one attached hydrogen (secondary N) is 2. The number of methoxy groups -OCH3 is 1. The quantitative estimate of drug-likeness (QED) is 0.304. The molecule has 35 heavy (non-hydrogen) atoms. The largest absolute Gasteiger partial charge is 0.382 e. The Labute approximate surface area is 211 Å². The number of nitrogens with zero attached hydrogens (tertiary/aromatic N) is 4. The maximum absolute atomic E-state index is 12.5. The van der Waals surface area contributed by atoms with Crippen molar-refractivity contribution in [3.8, 4) is 11.4 Å². The monoisotopic (exact) mass is 526 g/mol. The van der Waals surface area contributed by atoms with E-state index in [1.165, 1.54) is 12.1 Å². The van der Waals surface area contributed by atoms with Gasteiger partial charge in [-0.3, -0.25) is 0 Å². The molecule has 3 rings (SSSR count). The summed E-state index contributed by atoms with van der Waals surface area (Å²) in [7, 11) is -0.119. The minimum atomic E-state index is -3.65. The molecule has 192 valence electrons. The molecule has 2 heterocycles. The smallest absolute Gasteiger partial charge is 0.240 e. The van der Waals surface area contributed by atoms with Crippen LogP contribution in [0.2, 0.25) is 0 Å². The number of imidazole rings is 1. The van der Waals surface area contributed by atoms with Crippen LogP contribution in [0.25, 0.3) is 11.4 Å². The average molecular weight is 527 g/mol. The van der Waals surface area contributed by atoms with Gasteiger partial charge in [0.05, 0.1) is 55.5 Å². The van der Waals surface area contributed by atoms with E-state index < -0.39 is 10.0 Å². The Morgan fingerprint density at radius 3 is 2.31 bits per heavy atom. The van der Waals surface area contributed by atoms with Crippen LogP contribution in [-0.2, 0) is 31.3 Å². The van der Waals surface area contributed by atoms with Gasteiger partial charge in [0.25, 0.3) is 0 Å². The Morgan fingerprint density at radius 1 is 0.971 bits per heavy atom. The molecule has 0 aliphatic heterocycles. The molecule has 1 aromatic carbocycles. The second-order valence-corrected chi connectivity index (χ2v) is 9.05. The molecule has 0 unspecified atom stereocenters. The van der Waals surface area contributed by atoms with Crippen molar-refractivity contribution >= 4 is 34.1 Å². The van der Waals surface area contributed by atoms with E-state index in [2.05, 4.69) is 25.0 Å². The molecule has 2 N–H and O–H groups in total. The van der Waals surface area contributed by atoms with Crippen LogP contribution in [0.4, 0.5) is 11.6 Å². The van der Waals surface area contributed by atoms with Crippen LogP contribution < -0.4 is 10.0 Å². The molecule has 0 amide bonds. The number of aryl methyl sites for hydroxylation is 1. The Balaban J connectivity index is 0.00000432. The number of halogens is 1. The van der Waals surface area contributed by atoms with E-state index in [9.17, 15) is 8.42 Å². The predicted octanol–water partition coefficient (Wildman–Crippen LogP) is 2.31. The van der Waals surface area contributed by atoms with Gasteiger partial charge >= 0.3 is 0 Å². The van der Waals surface area contributed by atoms with Gasteiger partial charge < -0.3 is 24.1 Å². The summed E-state index contributed by atoms with van der Waals surface area (Å²) in [5.41, 5.74) is 2.26. The van der Waals surface area contributed by atoms with Gasteiger partial charge in [0.1, 0.15) is 5.82 Å². The van der Waals surface area contributed by atoms with E-state index in [0.29, 0.717) is 38.1 Å². The highest BCUT2D eigenvalue weighted by Crippen LogP contribution is 2.21. The summed E-state index contributed by atoms with van der Waals surface area (Å²) >= 11 is 0. The third-order valence-electron chi connectivity index (χ3n) is 4.90. The summed E-state index contributed by atoms with van der Waals surface area (Å²) in [5, 5.41) is 3.10. The first-order valence-electron chi connectivity index (χ1n) is 10.7. The first-order chi connectivity index (χ1) is 16.4. The highest BCUT2D eigenvalue weighted by molar-refractivity contribution is 7.89. The second kappa shape index (κ2) is 14.1. The van der Waals surface area contributed by atoms with Crippen LogP contribution in [0.5, 0.6) is 0 Å². The standard InChI is InChI=1S/C22H30N6O5S.ClH/c1-17-24-16-21(28(17)2)20-8-9-23-22(27-20)26-18-4-6-19(7-5-18)34(29,30)25-10-11-32-14-15-33-13-12-31-3;/h4-9,16,25H,10-15H2,1-3H3,(H,23,26,27);1H. The minimum absolute atomic E-state index is 0. The average Bonchev–Trinajstić information content (AvgIpc) is 3.16. The van der Waals surface area contributed by atoms with Crippen LogP contribution in [0.15, 0.2) is 47.6 Å². The summed E-state index contributed by atoms with van der Waals surface area (Å²) in [6.07, 6.45) is 3.42. The van der Waals surface area contributed by atoms with Gasteiger partial charge in [-0.2, -0.15) is 0 Å². The summed E-state index contributed by atoms with van der Waals surface area (Å²) in [5.74, 6) is 1.28. The van der Waals surface area contributed by atoms with Crippen molar-refractivity contribution in [3.05, 3.63) is 48.5 Å². The van der Waals surface area contributed by atoms with Gasteiger partial charge in [0, 0.05) is 32.6 Å². The maximum atomic E-state index is 12.5. The van der Waals surface area contributed by atoms with Gasteiger partial charge in [0.15, 0.2) is 0 Å². The molecule has 0 aliphatic carbocycles. The number of hydrogen-bond donors (Lipinski definition) is 2. The van der Waals surface area contributed by atoms with Crippen molar-refractivity contribution in [1.82, 2.24) is 24.2 Å². The summed E-state index contributed by atoms with van der Waals surface area (Å²) in [6.45, 7) is 4.17. The van der Waals surface area contributed by atoms with Crippen molar-refractivity contribution < 1.29 is 22.6 Å². The lowest BCUT2D eigenvalue weighted by atomic mass is 10.3. The number of sulfonamides is 1. The maximum Gasteiger partial charge on any atom is 0.240 e. The normalized spacial score (nSPS) is 11.3. The van der Waals surface area contributed by atoms with Crippen molar-refractivity contribution in [3.63, 3.8) is 0 Å². The fraction of sp³-hybridized carbons (Fsp3) is 0.409.